The van der Waals surface area contributed by atoms with Crippen LogP contribution in [0.5, 0.6) is 0 Å². The molecule has 2 aliphatic rings. The van der Waals surface area contributed by atoms with Gasteiger partial charge in [-0.3, -0.25) is 9.59 Å². The molecule has 0 aromatic carbocycles. The fourth-order valence-corrected chi connectivity index (χ4v) is 3.92. The Morgan fingerprint density at radius 1 is 1.17 bits per heavy atom. The normalized spacial score (nSPS) is 17.0. The van der Waals surface area contributed by atoms with Gasteiger partial charge >= 0.3 is 6.18 Å². The molecular weight excluding hydrogens is 503 g/mol. The Morgan fingerprint density at radius 2 is 1.97 bits per heavy atom. The van der Waals surface area contributed by atoms with Gasteiger partial charge in [-0.1, -0.05) is 23.8 Å². The molecule has 0 radical (unpaired) electrons. The van der Waals surface area contributed by atoms with Crippen molar-refractivity contribution in [2.45, 2.75) is 6.18 Å². The summed E-state index contributed by atoms with van der Waals surface area (Å²) in [5, 5.41) is 13.9. The first kappa shape index (κ1) is 23.2. The van der Waals surface area contributed by atoms with Crippen molar-refractivity contribution < 1.29 is 22.8 Å². The standard InChI is InChI=1S/C21H13ClF3N9O2/c22-14-6-10(7-28-18(14)34-30-9-16(26)32-34)31-20(36)13-8-29-33(17(13)21(23,24)25)15-3-1-2-12-11(15)4-5-27-19(12)35/h1-9,12H,(H2,26,32)(H,31,36). The Kier molecular flexibility index (Phi) is 5.51. The molecule has 4 heterocycles. The number of carbonyl (C=O) groups excluding carboxylic acids is 2. The molecule has 1 aliphatic heterocycles. The van der Waals surface area contributed by atoms with Gasteiger partial charge in [-0.15, -0.1) is 9.90 Å². The number of rotatable bonds is 4. The van der Waals surface area contributed by atoms with Crippen LogP contribution in [0.3, 0.4) is 0 Å². The van der Waals surface area contributed by atoms with Crippen molar-refractivity contribution in [3.8, 4) is 5.82 Å². The van der Waals surface area contributed by atoms with Gasteiger partial charge in [0.2, 0.25) is 0 Å². The third-order valence-electron chi connectivity index (χ3n) is 5.20. The summed E-state index contributed by atoms with van der Waals surface area (Å²) in [6.45, 7) is 0. The summed E-state index contributed by atoms with van der Waals surface area (Å²) >= 11 is 6.18. The van der Waals surface area contributed by atoms with E-state index in [0.29, 0.717) is 4.68 Å². The zero-order valence-corrected chi connectivity index (χ0v) is 18.6. The number of amides is 2. The van der Waals surface area contributed by atoms with Gasteiger partial charge in [0.25, 0.3) is 11.8 Å². The Balaban J connectivity index is 1.48. The third kappa shape index (κ3) is 4.07. The molecule has 15 heteroatoms. The maximum Gasteiger partial charge on any atom is 0.434 e. The number of anilines is 2. The molecule has 3 N–H and O–H groups in total. The number of hydrogen-bond donors (Lipinski definition) is 2. The molecule has 11 nitrogen and oxygen atoms in total. The van der Waals surface area contributed by atoms with Crippen LogP contribution < -0.4 is 11.1 Å². The number of nitrogens with two attached hydrogens (primary N) is 1. The number of allylic oxidation sites excluding steroid dienone is 4. The number of carbonyl (C=O) groups is 2. The van der Waals surface area contributed by atoms with E-state index >= 15 is 0 Å². The minimum absolute atomic E-state index is 0.00608. The van der Waals surface area contributed by atoms with E-state index in [0.717, 1.165) is 11.0 Å². The molecule has 0 fully saturated rings. The number of aromatic nitrogens is 6. The predicted octanol–water partition coefficient (Wildman–Crippen LogP) is 2.93. The number of pyridine rings is 1. The van der Waals surface area contributed by atoms with E-state index in [4.69, 9.17) is 17.3 Å². The molecule has 3 aromatic rings. The summed E-state index contributed by atoms with van der Waals surface area (Å²) in [5.74, 6) is -2.24. The van der Waals surface area contributed by atoms with Crippen LogP contribution in [0.15, 0.2) is 59.5 Å². The smallest absolute Gasteiger partial charge is 0.381 e. The van der Waals surface area contributed by atoms with Crippen molar-refractivity contribution in [2.24, 2.45) is 10.9 Å². The lowest BCUT2D eigenvalue weighted by Crippen LogP contribution is -2.25. The van der Waals surface area contributed by atoms with E-state index in [-0.39, 0.29) is 33.6 Å². The molecule has 1 atom stereocenters. The topological polar surface area (TPSA) is 146 Å². The molecule has 0 bridgehead atoms. The average molecular weight is 516 g/mol. The molecule has 182 valence electrons. The number of fused-ring (bicyclic) bond motifs is 1. The van der Waals surface area contributed by atoms with Crippen LogP contribution in [-0.2, 0) is 11.0 Å². The van der Waals surface area contributed by atoms with Crippen molar-refractivity contribution in [3.63, 3.8) is 0 Å². The van der Waals surface area contributed by atoms with Crippen LogP contribution in [0.2, 0.25) is 5.02 Å². The summed E-state index contributed by atoms with van der Waals surface area (Å²) in [7, 11) is 0. The number of alkyl halides is 3. The maximum absolute atomic E-state index is 14.1. The summed E-state index contributed by atoms with van der Waals surface area (Å²) in [4.78, 5) is 33.7. The Labute approximate surface area is 204 Å². The van der Waals surface area contributed by atoms with Gasteiger partial charge in [0.05, 0.1) is 46.5 Å². The van der Waals surface area contributed by atoms with Crippen molar-refractivity contribution in [2.75, 3.05) is 11.1 Å². The molecular formula is C21H13ClF3N9O2. The zero-order chi connectivity index (χ0) is 25.6. The number of halogens is 4. The van der Waals surface area contributed by atoms with Crippen LogP contribution in [0, 0.1) is 5.92 Å². The highest BCUT2D eigenvalue weighted by Crippen LogP contribution is 2.38. The first-order valence-corrected chi connectivity index (χ1v) is 10.5. The lowest BCUT2D eigenvalue weighted by molar-refractivity contribution is -0.143. The van der Waals surface area contributed by atoms with Crippen molar-refractivity contribution in [1.29, 1.82) is 0 Å². The first-order valence-electron chi connectivity index (χ1n) is 10.1. The second kappa shape index (κ2) is 8.57. The fraction of sp³-hybridized carbons (Fsp3) is 0.0952. The Morgan fingerprint density at radius 3 is 2.67 bits per heavy atom. The van der Waals surface area contributed by atoms with E-state index in [9.17, 15) is 22.8 Å². The highest BCUT2D eigenvalue weighted by atomic mass is 35.5. The molecule has 3 aromatic heterocycles. The highest BCUT2D eigenvalue weighted by Gasteiger charge is 2.42. The van der Waals surface area contributed by atoms with E-state index in [1.807, 2.05) is 0 Å². The molecule has 0 saturated carbocycles. The quantitative estimate of drug-likeness (QED) is 0.543. The Hall–Kier alpha value is -4.59. The second-order valence-corrected chi connectivity index (χ2v) is 7.92. The SMILES string of the molecule is Nc1cnn(-c2ncc(NC(=O)c3cnn(C4=CC=CC5C(=O)N=CC=C45)c3C(F)(F)F)cc2Cl)n1. The van der Waals surface area contributed by atoms with Crippen molar-refractivity contribution >= 4 is 46.8 Å². The van der Waals surface area contributed by atoms with Crippen LogP contribution in [-0.4, -0.2) is 47.8 Å². The van der Waals surface area contributed by atoms with Crippen LogP contribution in [0.25, 0.3) is 11.5 Å². The third-order valence-corrected chi connectivity index (χ3v) is 5.48. The van der Waals surface area contributed by atoms with Crippen LogP contribution in [0.1, 0.15) is 16.1 Å². The van der Waals surface area contributed by atoms with Crippen molar-refractivity contribution in [1.82, 2.24) is 29.8 Å². The van der Waals surface area contributed by atoms with Gasteiger partial charge in [-0.2, -0.15) is 23.4 Å². The summed E-state index contributed by atoms with van der Waals surface area (Å²) < 4.78 is 43.0. The van der Waals surface area contributed by atoms with Crippen LogP contribution >= 0.6 is 11.6 Å². The molecule has 2 amide bonds. The summed E-state index contributed by atoms with van der Waals surface area (Å²) in [5.41, 5.74) is 3.75. The number of nitrogen functional groups attached to an aromatic ring is 1. The first-order chi connectivity index (χ1) is 17.1. The van der Waals surface area contributed by atoms with Gasteiger partial charge < -0.3 is 11.1 Å². The lowest BCUT2D eigenvalue weighted by atomic mass is 9.89. The molecule has 0 saturated heterocycles. The molecule has 1 unspecified atom stereocenters. The highest BCUT2D eigenvalue weighted by molar-refractivity contribution is 6.32. The molecule has 1 aliphatic carbocycles. The van der Waals surface area contributed by atoms with Crippen molar-refractivity contribution in [3.05, 3.63) is 70.8 Å². The molecule has 0 spiro atoms. The Bertz CT molecular complexity index is 1530. The number of dihydropyridines is 1. The van der Waals surface area contributed by atoms with E-state index in [1.54, 1.807) is 0 Å². The molecule has 5 rings (SSSR count). The van der Waals surface area contributed by atoms with E-state index in [2.05, 4.69) is 30.6 Å². The predicted molar refractivity (Wildman–Crippen MR) is 122 cm³/mol. The maximum atomic E-state index is 14.1. The van der Waals surface area contributed by atoms with E-state index in [1.165, 1.54) is 49.0 Å². The van der Waals surface area contributed by atoms with Gasteiger partial charge in [-0.25, -0.2) is 14.7 Å². The number of hydrogen-bond acceptors (Lipinski definition) is 7. The van der Waals surface area contributed by atoms with Gasteiger partial charge in [0.1, 0.15) is 0 Å². The van der Waals surface area contributed by atoms with Crippen LogP contribution in [0.4, 0.5) is 24.7 Å². The zero-order valence-electron chi connectivity index (χ0n) is 17.8. The molecule has 36 heavy (non-hydrogen) atoms. The van der Waals surface area contributed by atoms with Gasteiger partial charge in [0.15, 0.2) is 17.3 Å². The minimum atomic E-state index is -4.96. The summed E-state index contributed by atoms with van der Waals surface area (Å²) in [6.07, 6.45) is 5.26. The largest absolute Gasteiger partial charge is 0.434 e. The number of nitrogens with zero attached hydrogens (tertiary/aromatic N) is 7. The van der Waals surface area contributed by atoms with Gasteiger partial charge in [-0.05, 0) is 23.8 Å². The van der Waals surface area contributed by atoms with E-state index < -0.39 is 35.2 Å². The number of aliphatic imine (C=N–C) groups is 1. The minimum Gasteiger partial charge on any atom is -0.381 e. The lowest BCUT2D eigenvalue weighted by Gasteiger charge is -2.23. The fourth-order valence-electron chi connectivity index (χ4n) is 3.68. The number of nitrogens with one attached hydrogen (secondary N) is 1. The monoisotopic (exact) mass is 515 g/mol. The van der Waals surface area contributed by atoms with Gasteiger partial charge in [0, 0.05) is 6.21 Å². The summed E-state index contributed by atoms with van der Waals surface area (Å²) in [6, 6.07) is 1.27. The second-order valence-electron chi connectivity index (χ2n) is 7.51. The average Bonchev–Trinajstić information content (AvgIpc) is 3.46.